The van der Waals surface area contributed by atoms with Gasteiger partial charge in [0.25, 0.3) is 0 Å². The highest BCUT2D eigenvalue weighted by Gasteiger charge is 2.44. The number of halogens is 2. The van der Waals surface area contributed by atoms with Crippen LogP contribution in [0.15, 0.2) is 12.1 Å². The smallest absolute Gasteiger partial charge is 0.507 e. The average molecular weight is 216 g/mol. The van der Waals surface area contributed by atoms with E-state index in [1.807, 2.05) is 0 Å². The van der Waals surface area contributed by atoms with Crippen molar-refractivity contribution in [1.29, 1.82) is 0 Å². The van der Waals surface area contributed by atoms with Gasteiger partial charge in [0.05, 0.1) is 5.56 Å². The fraction of sp³-hybridized carbons (Fsp3) is 0.222. The summed E-state index contributed by atoms with van der Waals surface area (Å²) in [5, 5.41) is 9.31. The van der Waals surface area contributed by atoms with Crippen molar-refractivity contribution in [1.82, 2.24) is 0 Å². The van der Waals surface area contributed by atoms with Crippen molar-refractivity contribution >= 4 is 5.78 Å². The zero-order chi connectivity index (χ0) is 11.2. The van der Waals surface area contributed by atoms with Gasteiger partial charge in [-0.1, -0.05) is 0 Å². The maximum absolute atomic E-state index is 12.6. The zero-order valence-electron chi connectivity index (χ0n) is 7.58. The van der Waals surface area contributed by atoms with Crippen LogP contribution in [0.25, 0.3) is 0 Å². The van der Waals surface area contributed by atoms with Crippen LogP contribution >= 0.6 is 0 Å². The van der Waals surface area contributed by atoms with Crippen LogP contribution in [0.2, 0.25) is 0 Å². The Morgan fingerprint density at radius 2 is 1.87 bits per heavy atom. The Hall–Kier alpha value is -1.85. The third-order valence-electron chi connectivity index (χ3n) is 1.90. The molecule has 15 heavy (non-hydrogen) atoms. The summed E-state index contributed by atoms with van der Waals surface area (Å²) in [7, 11) is 0. The molecule has 0 aliphatic carbocycles. The van der Waals surface area contributed by atoms with Gasteiger partial charge >= 0.3 is 6.29 Å². The largest absolute Gasteiger partial charge is 0.586 e. The summed E-state index contributed by atoms with van der Waals surface area (Å²) in [5.41, 5.74) is -0.0879. The van der Waals surface area contributed by atoms with Gasteiger partial charge in [-0.3, -0.25) is 4.79 Å². The van der Waals surface area contributed by atoms with Crippen molar-refractivity contribution in [3.63, 3.8) is 0 Å². The molecule has 0 saturated carbocycles. The third kappa shape index (κ3) is 1.58. The summed E-state index contributed by atoms with van der Waals surface area (Å²) in [4.78, 5) is 11.0. The lowest BCUT2D eigenvalue weighted by atomic mass is 10.1. The maximum Gasteiger partial charge on any atom is 0.586 e. The number of hydrogen-bond donors (Lipinski definition) is 1. The fourth-order valence-corrected chi connectivity index (χ4v) is 1.27. The summed E-state index contributed by atoms with van der Waals surface area (Å²) in [6, 6.07) is 1.95. The molecule has 0 atom stereocenters. The van der Waals surface area contributed by atoms with Gasteiger partial charge in [0.15, 0.2) is 17.3 Å². The number of aromatic hydroxyl groups is 1. The van der Waals surface area contributed by atoms with E-state index < -0.39 is 17.8 Å². The molecule has 0 unspecified atom stereocenters. The summed E-state index contributed by atoms with van der Waals surface area (Å²) in [6.45, 7) is 1.20. The maximum atomic E-state index is 12.6. The fourth-order valence-electron chi connectivity index (χ4n) is 1.27. The topological polar surface area (TPSA) is 55.8 Å². The number of hydrogen-bond acceptors (Lipinski definition) is 4. The van der Waals surface area contributed by atoms with E-state index in [0.29, 0.717) is 0 Å². The van der Waals surface area contributed by atoms with Gasteiger partial charge < -0.3 is 14.6 Å². The lowest BCUT2D eigenvalue weighted by Gasteiger charge is -2.04. The molecule has 0 spiro atoms. The first-order chi connectivity index (χ1) is 6.89. The first kappa shape index (κ1) is 9.70. The SMILES string of the molecule is CC(=O)c1cc2c(cc1O)OC(F)(F)O2. The van der Waals surface area contributed by atoms with Crippen molar-refractivity contribution in [3.05, 3.63) is 17.7 Å². The van der Waals surface area contributed by atoms with Crippen LogP contribution in [0.1, 0.15) is 17.3 Å². The van der Waals surface area contributed by atoms with E-state index in [1.54, 1.807) is 0 Å². The minimum Gasteiger partial charge on any atom is -0.507 e. The summed E-state index contributed by atoms with van der Waals surface area (Å²) >= 11 is 0. The van der Waals surface area contributed by atoms with Crippen LogP contribution in [0.4, 0.5) is 8.78 Å². The molecular formula is C9H6F2O4. The second-order valence-corrected chi connectivity index (χ2v) is 3.04. The molecule has 0 bridgehead atoms. The van der Waals surface area contributed by atoms with Crippen LogP contribution in [0.3, 0.4) is 0 Å². The number of rotatable bonds is 1. The molecule has 1 aromatic rings. The number of Topliss-reactive ketones (excluding diaryl/α,β-unsaturated/α-hetero) is 1. The van der Waals surface area contributed by atoms with Gasteiger partial charge in [-0.15, -0.1) is 8.78 Å². The Morgan fingerprint density at radius 3 is 2.40 bits per heavy atom. The Labute approximate surface area is 83.0 Å². The lowest BCUT2D eigenvalue weighted by Crippen LogP contribution is -2.25. The highest BCUT2D eigenvalue weighted by molar-refractivity contribution is 5.97. The van der Waals surface area contributed by atoms with Gasteiger partial charge in [-0.25, -0.2) is 0 Å². The second kappa shape index (κ2) is 2.82. The summed E-state index contributed by atoms with van der Waals surface area (Å²) in [6.07, 6.45) is -3.75. The molecule has 0 fully saturated rings. The molecule has 1 heterocycles. The Morgan fingerprint density at radius 1 is 1.33 bits per heavy atom. The molecule has 2 rings (SSSR count). The molecule has 1 aliphatic heterocycles. The second-order valence-electron chi connectivity index (χ2n) is 3.04. The number of ether oxygens (including phenoxy) is 2. The number of alkyl halides is 2. The monoisotopic (exact) mass is 216 g/mol. The van der Waals surface area contributed by atoms with Gasteiger partial charge in [0.2, 0.25) is 0 Å². The van der Waals surface area contributed by atoms with E-state index in [2.05, 4.69) is 9.47 Å². The number of phenols is 1. The molecule has 1 aliphatic rings. The van der Waals surface area contributed by atoms with E-state index in [0.717, 1.165) is 12.1 Å². The number of carbonyl (C=O) groups excluding carboxylic acids is 1. The van der Waals surface area contributed by atoms with Crippen molar-refractivity contribution in [2.45, 2.75) is 13.2 Å². The van der Waals surface area contributed by atoms with E-state index in [1.165, 1.54) is 6.92 Å². The molecule has 1 N–H and O–H groups in total. The lowest BCUT2D eigenvalue weighted by molar-refractivity contribution is -0.286. The molecule has 80 valence electrons. The highest BCUT2D eigenvalue weighted by atomic mass is 19.3. The number of phenolic OH excluding ortho intramolecular Hbond substituents is 1. The molecule has 0 radical (unpaired) electrons. The highest BCUT2D eigenvalue weighted by Crippen LogP contribution is 2.44. The van der Waals surface area contributed by atoms with Crippen LogP contribution in [0.5, 0.6) is 17.2 Å². The minimum atomic E-state index is -3.75. The van der Waals surface area contributed by atoms with Crippen molar-refractivity contribution in [2.24, 2.45) is 0 Å². The van der Waals surface area contributed by atoms with Crippen molar-refractivity contribution < 1.29 is 28.2 Å². The van der Waals surface area contributed by atoms with E-state index in [-0.39, 0.29) is 17.1 Å². The summed E-state index contributed by atoms with van der Waals surface area (Å²) in [5.74, 6) is -1.41. The number of benzene rings is 1. The minimum absolute atomic E-state index is 0.0879. The first-order valence-electron chi connectivity index (χ1n) is 4.03. The standard InChI is InChI=1S/C9H6F2O4/c1-4(12)5-2-7-8(3-6(5)13)15-9(10,11)14-7/h2-3,13H,1H3. The normalized spacial score (nSPS) is 16.5. The molecular weight excluding hydrogens is 210 g/mol. The molecule has 0 aromatic heterocycles. The predicted octanol–water partition coefficient (Wildman–Crippen LogP) is 1.92. The van der Waals surface area contributed by atoms with Crippen LogP contribution in [0, 0.1) is 0 Å². The predicted molar refractivity (Wildman–Crippen MR) is 44.3 cm³/mol. The Balaban J connectivity index is 2.50. The van der Waals surface area contributed by atoms with Gasteiger partial charge in [-0.05, 0) is 13.0 Å². The summed E-state index contributed by atoms with van der Waals surface area (Å²) < 4.78 is 33.4. The molecule has 0 saturated heterocycles. The van der Waals surface area contributed by atoms with Crippen LogP contribution in [-0.2, 0) is 0 Å². The third-order valence-corrected chi connectivity index (χ3v) is 1.90. The molecule has 1 aromatic carbocycles. The average Bonchev–Trinajstić information content (AvgIpc) is 2.36. The van der Waals surface area contributed by atoms with Crippen LogP contribution < -0.4 is 9.47 Å². The van der Waals surface area contributed by atoms with Crippen molar-refractivity contribution in [3.8, 4) is 17.2 Å². The molecule has 4 nitrogen and oxygen atoms in total. The van der Waals surface area contributed by atoms with Crippen LogP contribution in [-0.4, -0.2) is 17.2 Å². The first-order valence-corrected chi connectivity index (χ1v) is 4.03. The quantitative estimate of drug-likeness (QED) is 0.728. The molecule has 0 amide bonds. The Kier molecular flexibility index (Phi) is 1.82. The zero-order valence-corrected chi connectivity index (χ0v) is 7.58. The van der Waals surface area contributed by atoms with Gasteiger partial charge in [0.1, 0.15) is 5.75 Å². The molecule has 6 heteroatoms. The number of carbonyl (C=O) groups is 1. The van der Waals surface area contributed by atoms with Gasteiger partial charge in [-0.2, -0.15) is 0 Å². The van der Waals surface area contributed by atoms with E-state index >= 15 is 0 Å². The number of fused-ring (bicyclic) bond motifs is 1. The van der Waals surface area contributed by atoms with Crippen molar-refractivity contribution in [2.75, 3.05) is 0 Å². The number of ketones is 1. The Bertz CT molecular complexity index is 442. The van der Waals surface area contributed by atoms with E-state index in [4.69, 9.17) is 0 Å². The van der Waals surface area contributed by atoms with E-state index in [9.17, 15) is 18.7 Å². The van der Waals surface area contributed by atoms with Gasteiger partial charge in [0, 0.05) is 6.07 Å².